The van der Waals surface area contributed by atoms with Crippen LogP contribution >= 0.6 is 0 Å². The summed E-state index contributed by atoms with van der Waals surface area (Å²) in [4.78, 5) is 20.5. The number of carbonyl (C=O) groups is 1. The van der Waals surface area contributed by atoms with Gasteiger partial charge in [-0.15, -0.1) is 0 Å². The van der Waals surface area contributed by atoms with Gasteiger partial charge in [-0.1, -0.05) is 0 Å². The Morgan fingerprint density at radius 2 is 2.06 bits per heavy atom. The quantitative estimate of drug-likeness (QED) is 0.365. The summed E-state index contributed by atoms with van der Waals surface area (Å²) in [6.45, 7) is 1.44. The predicted molar refractivity (Wildman–Crippen MR) is 65.0 cm³/mol. The Labute approximate surface area is 97.8 Å². The van der Waals surface area contributed by atoms with Crippen molar-refractivity contribution < 1.29 is 9.72 Å². The number of anilines is 1. The summed E-state index contributed by atoms with van der Waals surface area (Å²) in [6.07, 6.45) is 4.30. The number of ketones is 1. The number of carbonyl (C=O) groups excluding carboxylic acids is 1. The number of non-ortho nitro benzene ring substituents is 1. The van der Waals surface area contributed by atoms with Gasteiger partial charge in [-0.2, -0.15) is 5.10 Å². The van der Waals surface area contributed by atoms with Crippen molar-refractivity contribution in [2.45, 2.75) is 6.92 Å². The molecule has 0 heterocycles. The Balaban J connectivity index is 2.53. The zero-order chi connectivity index (χ0) is 12.7. The average Bonchev–Trinajstić information content (AvgIpc) is 2.29. The van der Waals surface area contributed by atoms with Crippen LogP contribution in [0.2, 0.25) is 0 Å². The Kier molecular flexibility index (Phi) is 4.56. The fourth-order valence-electron chi connectivity index (χ4n) is 0.991. The Morgan fingerprint density at radius 3 is 2.59 bits per heavy atom. The van der Waals surface area contributed by atoms with E-state index in [0.717, 1.165) is 0 Å². The maximum atomic E-state index is 10.5. The van der Waals surface area contributed by atoms with Gasteiger partial charge in [-0.3, -0.25) is 20.3 Å². The first-order valence-corrected chi connectivity index (χ1v) is 4.80. The summed E-state index contributed by atoms with van der Waals surface area (Å²) in [7, 11) is 0. The molecule has 88 valence electrons. The molecule has 1 aromatic rings. The van der Waals surface area contributed by atoms with Crippen LogP contribution in [0.3, 0.4) is 0 Å². The van der Waals surface area contributed by atoms with Gasteiger partial charge >= 0.3 is 0 Å². The van der Waals surface area contributed by atoms with Gasteiger partial charge in [-0.25, -0.2) is 0 Å². The minimum atomic E-state index is -0.470. The number of rotatable bonds is 5. The molecule has 1 aromatic carbocycles. The van der Waals surface area contributed by atoms with Gasteiger partial charge in [0.2, 0.25) is 0 Å². The van der Waals surface area contributed by atoms with E-state index in [2.05, 4.69) is 10.5 Å². The molecule has 0 radical (unpaired) electrons. The number of hydrogen-bond acceptors (Lipinski definition) is 5. The summed E-state index contributed by atoms with van der Waals surface area (Å²) in [5.74, 6) is -0.0632. The molecule has 1 rings (SSSR count). The van der Waals surface area contributed by atoms with Crippen LogP contribution in [0.5, 0.6) is 0 Å². The first-order chi connectivity index (χ1) is 8.09. The molecule has 0 fully saturated rings. The highest BCUT2D eigenvalue weighted by atomic mass is 16.6. The lowest BCUT2D eigenvalue weighted by atomic mass is 10.3. The predicted octanol–water partition coefficient (Wildman–Crippen LogP) is 2.14. The van der Waals surface area contributed by atoms with E-state index >= 15 is 0 Å². The van der Waals surface area contributed by atoms with Crippen molar-refractivity contribution in [2.75, 3.05) is 5.43 Å². The maximum absolute atomic E-state index is 10.5. The van der Waals surface area contributed by atoms with E-state index in [-0.39, 0.29) is 11.5 Å². The molecule has 0 atom stereocenters. The third-order valence-electron chi connectivity index (χ3n) is 1.76. The zero-order valence-electron chi connectivity index (χ0n) is 9.16. The van der Waals surface area contributed by atoms with Gasteiger partial charge in [0.15, 0.2) is 5.78 Å². The van der Waals surface area contributed by atoms with Gasteiger partial charge in [0.25, 0.3) is 5.69 Å². The molecule has 17 heavy (non-hydrogen) atoms. The van der Waals surface area contributed by atoms with Gasteiger partial charge in [0.05, 0.1) is 10.6 Å². The van der Waals surface area contributed by atoms with E-state index in [1.165, 1.54) is 37.4 Å². The largest absolute Gasteiger partial charge is 0.295 e. The van der Waals surface area contributed by atoms with Crippen LogP contribution < -0.4 is 5.43 Å². The van der Waals surface area contributed by atoms with E-state index in [1.807, 2.05) is 0 Å². The summed E-state index contributed by atoms with van der Waals surface area (Å²) in [5, 5.41) is 14.2. The lowest BCUT2D eigenvalue weighted by Gasteiger charge is -1.97. The topological polar surface area (TPSA) is 84.6 Å². The second-order valence-electron chi connectivity index (χ2n) is 3.16. The SMILES string of the molecule is CC(=O)C=CC=NNc1ccc([N+](=O)[O-])cc1. The molecule has 0 bridgehead atoms. The van der Waals surface area contributed by atoms with Crippen molar-refractivity contribution in [3.05, 3.63) is 46.5 Å². The van der Waals surface area contributed by atoms with Crippen molar-refractivity contribution in [1.29, 1.82) is 0 Å². The van der Waals surface area contributed by atoms with Crippen molar-refractivity contribution >= 4 is 23.4 Å². The molecule has 0 aliphatic heterocycles. The highest BCUT2D eigenvalue weighted by Crippen LogP contribution is 2.14. The highest BCUT2D eigenvalue weighted by Gasteiger charge is 2.02. The fraction of sp³-hybridized carbons (Fsp3) is 0.0909. The minimum Gasteiger partial charge on any atom is -0.295 e. The minimum absolute atomic E-state index is 0.0241. The summed E-state index contributed by atoms with van der Waals surface area (Å²) >= 11 is 0. The average molecular weight is 233 g/mol. The number of nitro benzene ring substituents is 1. The number of allylic oxidation sites excluding steroid dienone is 2. The lowest BCUT2D eigenvalue weighted by Crippen LogP contribution is -1.90. The standard InChI is InChI=1S/C11H11N3O3/c1-9(15)3-2-8-12-13-10-4-6-11(7-5-10)14(16)17/h2-8,13H,1H3. The monoisotopic (exact) mass is 233 g/mol. The van der Waals surface area contributed by atoms with E-state index in [0.29, 0.717) is 5.69 Å². The molecule has 6 nitrogen and oxygen atoms in total. The summed E-state index contributed by atoms with van der Waals surface area (Å²) in [6, 6.07) is 5.85. The normalized spacial score (nSPS) is 10.9. The molecule has 0 aromatic heterocycles. The second-order valence-corrected chi connectivity index (χ2v) is 3.16. The van der Waals surface area contributed by atoms with Crippen LogP contribution in [0.4, 0.5) is 11.4 Å². The van der Waals surface area contributed by atoms with E-state index in [9.17, 15) is 14.9 Å². The second kappa shape index (κ2) is 6.16. The van der Waals surface area contributed by atoms with Crippen LogP contribution in [-0.4, -0.2) is 16.9 Å². The molecule has 1 N–H and O–H groups in total. The zero-order valence-corrected chi connectivity index (χ0v) is 9.16. The van der Waals surface area contributed by atoms with Crippen molar-refractivity contribution in [2.24, 2.45) is 5.10 Å². The molecular formula is C11H11N3O3. The maximum Gasteiger partial charge on any atom is 0.269 e. The Bertz CT molecular complexity index is 463. The number of benzene rings is 1. The fourth-order valence-corrected chi connectivity index (χ4v) is 0.991. The Hall–Kier alpha value is -2.50. The van der Waals surface area contributed by atoms with E-state index in [4.69, 9.17) is 0 Å². The van der Waals surface area contributed by atoms with Gasteiger partial charge in [0.1, 0.15) is 0 Å². The first-order valence-electron chi connectivity index (χ1n) is 4.80. The van der Waals surface area contributed by atoms with Crippen LogP contribution in [0.25, 0.3) is 0 Å². The van der Waals surface area contributed by atoms with Crippen LogP contribution in [0.15, 0.2) is 41.5 Å². The van der Waals surface area contributed by atoms with Crippen LogP contribution in [0.1, 0.15) is 6.92 Å². The summed E-state index contributed by atoms with van der Waals surface area (Å²) in [5.41, 5.74) is 3.32. The number of hydrazone groups is 1. The molecule has 0 saturated carbocycles. The molecule has 0 amide bonds. The first kappa shape index (κ1) is 12.6. The number of nitrogens with one attached hydrogen (secondary N) is 1. The molecule has 0 aliphatic rings. The van der Waals surface area contributed by atoms with Gasteiger partial charge < -0.3 is 0 Å². The third-order valence-corrected chi connectivity index (χ3v) is 1.76. The van der Waals surface area contributed by atoms with Crippen molar-refractivity contribution in [1.82, 2.24) is 0 Å². The highest BCUT2D eigenvalue weighted by molar-refractivity contribution is 5.91. The number of nitro groups is 1. The molecule has 0 unspecified atom stereocenters. The van der Waals surface area contributed by atoms with E-state index in [1.54, 1.807) is 12.1 Å². The lowest BCUT2D eigenvalue weighted by molar-refractivity contribution is -0.384. The van der Waals surface area contributed by atoms with Crippen LogP contribution in [-0.2, 0) is 4.79 Å². The third kappa shape index (κ3) is 4.70. The van der Waals surface area contributed by atoms with Crippen molar-refractivity contribution in [3.63, 3.8) is 0 Å². The smallest absolute Gasteiger partial charge is 0.269 e. The van der Waals surface area contributed by atoms with Crippen molar-refractivity contribution in [3.8, 4) is 0 Å². The number of hydrogen-bond donors (Lipinski definition) is 1. The molecule has 0 aliphatic carbocycles. The van der Waals surface area contributed by atoms with Gasteiger partial charge in [-0.05, 0) is 31.2 Å². The van der Waals surface area contributed by atoms with Crippen LogP contribution in [0, 0.1) is 10.1 Å². The molecular weight excluding hydrogens is 222 g/mol. The molecule has 0 saturated heterocycles. The Morgan fingerprint density at radius 1 is 1.41 bits per heavy atom. The number of nitrogens with zero attached hydrogens (tertiary/aromatic N) is 2. The van der Waals surface area contributed by atoms with E-state index < -0.39 is 4.92 Å². The summed E-state index contributed by atoms with van der Waals surface area (Å²) < 4.78 is 0. The van der Waals surface area contributed by atoms with Gasteiger partial charge in [0, 0.05) is 18.3 Å². The molecule has 6 heteroatoms. The molecule has 0 spiro atoms.